The molecule has 0 saturated heterocycles. The molecule has 0 aliphatic rings. The number of nitrogens with zero attached hydrogens (tertiary/aromatic N) is 3. The summed E-state index contributed by atoms with van der Waals surface area (Å²) in [4.78, 5) is 16.5. The normalized spacial score (nSPS) is 11.8. The predicted molar refractivity (Wildman–Crippen MR) is 88.5 cm³/mol. The molecule has 0 radical (unpaired) electrons. The molecule has 0 fully saturated rings. The summed E-state index contributed by atoms with van der Waals surface area (Å²) >= 11 is 1.58. The third-order valence-electron chi connectivity index (χ3n) is 3.53. The van der Waals surface area contributed by atoms with Crippen LogP contribution in [-0.4, -0.2) is 27.2 Å². The van der Waals surface area contributed by atoms with Crippen molar-refractivity contribution in [3.05, 3.63) is 46.7 Å². The van der Waals surface area contributed by atoms with E-state index in [0.29, 0.717) is 12.8 Å². The van der Waals surface area contributed by atoms with Crippen molar-refractivity contribution in [1.82, 2.24) is 20.1 Å². The molecule has 0 saturated carbocycles. The zero-order chi connectivity index (χ0) is 18.0. The van der Waals surface area contributed by atoms with Crippen molar-refractivity contribution in [3.8, 4) is 0 Å². The van der Waals surface area contributed by atoms with E-state index < -0.39 is 23.3 Å². The summed E-state index contributed by atoms with van der Waals surface area (Å²) in [5.41, 5.74) is -0.703. The number of hydrogen-bond donors (Lipinski definition) is 1. The van der Waals surface area contributed by atoms with E-state index >= 15 is 0 Å². The minimum absolute atomic E-state index is 0.265. The Morgan fingerprint density at radius 3 is 2.80 bits per heavy atom. The van der Waals surface area contributed by atoms with E-state index in [2.05, 4.69) is 15.4 Å². The second kappa shape index (κ2) is 6.83. The molecular weight excluding hydrogens is 353 g/mol. The molecule has 3 rings (SSSR count). The number of fused-ring (bicyclic) bond motifs is 1. The van der Waals surface area contributed by atoms with Gasteiger partial charge in [-0.25, -0.2) is 4.98 Å². The van der Waals surface area contributed by atoms with Gasteiger partial charge in [-0.05, 0) is 18.6 Å². The standard InChI is InChI=1S/C16H15F3N4OS/c1-23-9-10(14(22-23)16(17,18)19)15(24)20-8-4-7-13-21-11-5-2-3-6-12(11)25-13/h2-3,5-6,9H,4,7-8H2,1H3,(H,20,24). The molecule has 0 aliphatic heterocycles. The number of alkyl halides is 3. The molecule has 0 atom stereocenters. The molecule has 3 aromatic rings. The topological polar surface area (TPSA) is 59.8 Å². The van der Waals surface area contributed by atoms with Crippen molar-refractivity contribution >= 4 is 27.5 Å². The largest absolute Gasteiger partial charge is 0.435 e. The summed E-state index contributed by atoms with van der Waals surface area (Å²) < 4.78 is 40.7. The van der Waals surface area contributed by atoms with Gasteiger partial charge >= 0.3 is 6.18 Å². The van der Waals surface area contributed by atoms with Gasteiger partial charge in [0.1, 0.15) is 0 Å². The van der Waals surface area contributed by atoms with Crippen LogP contribution >= 0.6 is 11.3 Å². The van der Waals surface area contributed by atoms with Gasteiger partial charge in [0.2, 0.25) is 0 Å². The average Bonchev–Trinajstić information content (AvgIpc) is 3.14. The summed E-state index contributed by atoms with van der Waals surface area (Å²) in [7, 11) is 1.35. The van der Waals surface area contributed by atoms with Crippen molar-refractivity contribution in [2.24, 2.45) is 7.05 Å². The quantitative estimate of drug-likeness (QED) is 0.702. The molecule has 25 heavy (non-hydrogen) atoms. The molecule has 132 valence electrons. The van der Waals surface area contributed by atoms with Gasteiger partial charge in [-0.15, -0.1) is 11.3 Å². The number of benzene rings is 1. The molecule has 0 bridgehead atoms. The van der Waals surface area contributed by atoms with Crippen molar-refractivity contribution < 1.29 is 18.0 Å². The van der Waals surface area contributed by atoms with Crippen LogP contribution in [0.5, 0.6) is 0 Å². The molecule has 1 aromatic carbocycles. The summed E-state index contributed by atoms with van der Waals surface area (Å²) in [6.07, 6.45) is -2.34. The van der Waals surface area contributed by atoms with E-state index in [4.69, 9.17) is 0 Å². The number of carbonyl (C=O) groups is 1. The van der Waals surface area contributed by atoms with E-state index in [1.807, 2.05) is 24.3 Å². The van der Waals surface area contributed by atoms with Gasteiger partial charge in [0.05, 0.1) is 20.8 Å². The minimum atomic E-state index is -4.66. The zero-order valence-corrected chi connectivity index (χ0v) is 14.1. The van der Waals surface area contributed by atoms with Gasteiger partial charge in [0, 0.05) is 26.2 Å². The number of aromatic nitrogens is 3. The molecule has 0 unspecified atom stereocenters. The molecule has 1 N–H and O–H groups in total. The molecular formula is C16H15F3N4OS. The van der Waals surface area contributed by atoms with Crippen molar-refractivity contribution in [1.29, 1.82) is 0 Å². The van der Waals surface area contributed by atoms with E-state index in [9.17, 15) is 18.0 Å². The Morgan fingerprint density at radius 1 is 1.32 bits per heavy atom. The van der Waals surface area contributed by atoms with Crippen molar-refractivity contribution in [3.63, 3.8) is 0 Å². The molecule has 0 spiro atoms. The number of aryl methyl sites for hydroxylation is 2. The van der Waals surface area contributed by atoms with Gasteiger partial charge in [-0.1, -0.05) is 12.1 Å². The Bertz CT molecular complexity index is 867. The Labute approximate surface area is 145 Å². The first-order valence-corrected chi connectivity index (χ1v) is 8.40. The predicted octanol–water partition coefficient (Wildman–Crippen LogP) is 3.41. The fourth-order valence-corrected chi connectivity index (χ4v) is 3.44. The number of amides is 1. The molecule has 9 heteroatoms. The number of rotatable bonds is 5. The first kappa shape index (κ1) is 17.4. The number of thiazole rings is 1. The smallest absolute Gasteiger partial charge is 0.352 e. The number of nitrogens with one attached hydrogen (secondary N) is 1. The van der Waals surface area contributed by atoms with Crippen LogP contribution in [0.25, 0.3) is 10.2 Å². The number of halogens is 3. The Morgan fingerprint density at radius 2 is 2.08 bits per heavy atom. The fourth-order valence-electron chi connectivity index (χ4n) is 2.43. The Kier molecular flexibility index (Phi) is 4.76. The fraction of sp³-hybridized carbons (Fsp3) is 0.312. The minimum Gasteiger partial charge on any atom is -0.352 e. The van der Waals surface area contributed by atoms with Crippen LogP contribution in [0.2, 0.25) is 0 Å². The average molecular weight is 368 g/mol. The summed E-state index contributed by atoms with van der Waals surface area (Å²) in [5.74, 6) is -0.773. The SMILES string of the molecule is Cn1cc(C(=O)NCCCc2nc3ccccc3s2)c(C(F)(F)F)n1. The Hall–Kier alpha value is -2.42. The third kappa shape index (κ3) is 3.98. The summed E-state index contributed by atoms with van der Waals surface area (Å²) in [5, 5.41) is 6.78. The highest BCUT2D eigenvalue weighted by atomic mass is 32.1. The van der Waals surface area contributed by atoms with E-state index in [1.165, 1.54) is 7.05 Å². The maximum atomic E-state index is 12.9. The molecule has 2 heterocycles. The third-order valence-corrected chi connectivity index (χ3v) is 4.63. The molecule has 5 nitrogen and oxygen atoms in total. The summed E-state index contributed by atoms with van der Waals surface area (Å²) in [6.45, 7) is 0.265. The van der Waals surface area contributed by atoms with Crippen LogP contribution in [0.15, 0.2) is 30.5 Å². The molecule has 2 aromatic heterocycles. The maximum absolute atomic E-state index is 12.9. The van der Waals surface area contributed by atoms with Crippen molar-refractivity contribution in [2.75, 3.05) is 6.54 Å². The lowest BCUT2D eigenvalue weighted by molar-refractivity contribution is -0.141. The number of hydrogen-bond acceptors (Lipinski definition) is 4. The van der Waals surface area contributed by atoms with Crippen molar-refractivity contribution in [2.45, 2.75) is 19.0 Å². The lowest BCUT2D eigenvalue weighted by atomic mass is 10.2. The highest BCUT2D eigenvalue weighted by Crippen LogP contribution is 2.30. The van der Waals surface area contributed by atoms with Crippen LogP contribution in [0.3, 0.4) is 0 Å². The van der Waals surface area contributed by atoms with Crippen LogP contribution in [0.1, 0.15) is 27.5 Å². The molecule has 0 aliphatic carbocycles. The second-order valence-electron chi connectivity index (χ2n) is 5.50. The molecule has 1 amide bonds. The highest BCUT2D eigenvalue weighted by molar-refractivity contribution is 7.18. The lowest BCUT2D eigenvalue weighted by Gasteiger charge is -2.06. The van der Waals surface area contributed by atoms with Gasteiger partial charge in [0.15, 0.2) is 5.69 Å². The van der Waals surface area contributed by atoms with Crippen LogP contribution < -0.4 is 5.32 Å². The van der Waals surface area contributed by atoms with Gasteiger partial charge in [0.25, 0.3) is 5.91 Å². The maximum Gasteiger partial charge on any atom is 0.435 e. The zero-order valence-electron chi connectivity index (χ0n) is 13.3. The van der Waals surface area contributed by atoms with Crippen LogP contribution in [0, 0.1) is 0 Å². The Balaban J connectivity index is 1.56. The van der Waals surface area contributed by atoms with Gasteiger partial charge in [-0.2, -0.15) is 18.3 Å². The van der Waals surface area contributed by atoms with E-state index in [1.54, 1.807) is 11.3 Å². The van der Waals surface area contributed by atoms with Gasteiger partial charge < -0.3 is 5.32 Å². The highest BCUT2D eigenvalue weighted by Gasteiger charge is 2.38. The van der Waals surface area contributed by atoms with Crippen LogP contribution in [-0.2, 0) is 19.6 Å². The second-order valence-corrected chi connectivity index (χ2v) is 6.61. The monoisotopic (exact) mass is 368 g/mol. The van der Waals surface area contributed by atoms with Crippen LogP contribution in [0.4, 0.5) is 13.2 Å². The first-order valence-electron chi connectivity index (χ1n) is 7.58. The summed E-state index contributed by atoms with van der Waals surface area (Å²) in [6, 6.07) is 7.77. The van der Waals surface area contributed by atoms with Gasteiger partial charge in [-0.3, -0.25) is 9.48 Å². The number of para-hydroxylation sites is 1. The lowest BCUT2D eigenvalue weighted by Crippen LogP contribution is -2.26. The van der Waals surface area contributed by atoms with E-state index in [-0.39, 0.29) is 6.54 Å². The van der Waals surface area contributed by atoms with E-state index in [0.717, 1.165) is 26.1 Å². The first-order chi connectivity index (χ1) is 11.8. The number of carbonyl (C=O) groups excluding carboxylic acids is 1.